The molecule has 9 nitrogen and oxygen atoms in total. The Bertz CT molecular complexity index is 1150. The summed E-state index contributed by atoms with van der Waals surface area (Å²) in [6.07, 6.45) is 4.10. The van der Waals surface area contributed by atoms with E-state index in [4.69, 9.17) is 18.9 Å². The monoisotopic (exact) mass is 469 g/mol. The molecule has 0 N–H and O–H groups in total. The number of carbonyl (C=O) groups excluding carboxylic acids is 4. The van der Waals surface area contributed by atoms with Gasteiger partial charge in [0.25, 0.3) is 0 Å². The van der Waals surface area contributed by atoms with Gasteiger partial charge in [-0.05, 0) is 17.5 Å². The van der Waals surface area contributed by atoms with Gasteiger partial charge in [-0.15, -0.1) is 0 Å². The molecule has 0 amide bonds. The van der Waals surface area contributed by atoms with Crippen molar-refractivity contribution in [2.75, 3.05) is 33.3 Å². The van der Waals surface area contributed by atoms with Crippen LogP contribution < -0.4 is 4.90 Å². The molecule has 180 valence electrons. The van der Waals surface area contributed by atoms with Gasteiger partial charge in [0, 0.05) is 5.69 Å². The summed E-state index contributed by atoms with van der Waals surface area (Å²) >= 11 is 0. The summed E-state index contributed by atoms with van der Waals surface area (Å²) in [5.41, 5.74) is -1.31. The van der Waals surface area contributed by atoms with Gasteiger partial charge in [-0.2, -0.15) is 0 Å². The Morgan fingerprint density at radius 1 is 0.853 bits per heavy atom. The van der Waals surface area contributed by atoms with Gasteiger partial charge in [0.2, 0.25) is 0 Å². The third kappa shape index (κ3) is 3.48. The first-order valence-corrected chi connectivity index (χ1v) is 10.7. The number of hydrogen-bond acceptors (Lipinski definition) is 9. The van der Waals surface area contributed by atoms with Crippen LogP contribution in [0.2, 0.25) is 0 Å². The van der Waals surface area contributed by atoms with Crippen LogP contribution in [0.15, 0.2) is 52.8 Å². The minimum absolute atomic E-state index is 0.130. The van der Waals surface area contributed by atoms with Gasteiger partial charge in [-0.1, -0.05) is 50.6 Å². The number of para-hydroxylation sites is 1. The average molecular weight is 469 g/mol. The molecular formula is C25H27NO8. The molecule has 0 saturated carbocycles. The van der Waals surface area contributed by atoms with Crippen LogP contribution in [0.25, 0.3) is 6.08 Å². The Balaban J connectivity index is 2.66. The molecule has 9 heteroatoms. The van der Waals surface area contributed by atoms with Crippen LogP contribution >= 0.6 is 0 Å². The summed E-state index contributed by atoms with van der Waals surface area (Å²) in [6.45, 7) is 3.79. The van der Waals surface area contributed by atoms with Gasteiger partial charge in [-0.25, -0.2) is 19.2 Å². The molecule has 0 radical (unpaired) electrons. The normalized spacial score (nSPS) is 19.6. The molecule has 0 fully saturated rings. The lowest BCUT2D eigenvalue weighted by Crippen LogP contribution is -2.60. The lowest BCUT2D eigenvalue weighted by molar-refractivity contribution is -0.142. The number of methoxy groups -OCH3 is 4. The van der Waals surface area contributed by atoms with E-state index >= 15 is 0 Å². The molecule has 34 heavy (non-hydrogen) atoms. The Morgan fingerprint density at radius 3 is 1.97 bits per heavy atom. The topological polar surface area (TPSA) is 108 Å². The third-order valence-electron chi connectivity index (χ3n) is 6.34. The zero-order chi connectivity index (χ0) is 25.2. The molecule has 1 aromatic rings. The molecule has 1 aromatic carbocycles. The van der Waals surface area contributed by atoms with Crippen molar-refractivity contribution in [2.24, 2.45) is 5.92 Å². The van der Waals surface area contributed by atoms with Gasteiger partial charge < -0.3 is 23.8 Å². The van der Waals surface area contributed by atoms with Crippen molar-refractivity contribution in [1.29, 1.82) is 0 Å². The van der Waals surface area contributed by atoms with Crippen molar-refractivity contribution in [3.05, 3.63) is 58.3 Å². The number of benzene rings is 1. The SMILES string of the molecule is CC[C@H](C)[C@@]12C=Cc3ccccc3N1C(C(=O)OC)=C(C(=O)OC)C(C(=O)OC)=C2C(=O)OC. The summed E-state index contributed by atoms with van der Waals surface area (Å²) in [5, 5.41) is 0. The van der Waals surface area contributed by atoms with Gasteiger partial charge >= 0.3 is 23.9 Å². The third-order valence-corrected chi connectivity index (χ3v) is 6.34. The van der Waals surface area contributed by atoms with E-state index in [-0.39, 0.29) is 17.2 Å². The smallest absolute Gasteiger partial charge is 0.355 e. The van der Waals surface area contributed by atoms with E-state index in [1.165, 1.54) is 7.11 Å². The van der Waals surface area contributed by atoms with Crippen LogP contribution in [0.5, 0.6) is 0 Å². The van der Waals surface area contributed by atoms with Crippen molar-refractivity contribution < 1.29 is 38.1 Å². The molecule has 0 spiro atoms. The summed E-state index contributed by atoms with van der Waals surface area (Å²) in [7, 11) is 4.57. The Kier molecular flexibility index (Phi) is 6.95. The van der Waals surface area contributed by atoms with E-state index in [1.807, 2.05) is 32.1 Å². The van der Waals surface area contributed by atoms with E-state index in [0.717, 1.165) is 26.9 Å². The zero-order valence-electron chi connectivity index (χ0n) is 20.0. The largest absolute Gasteiger partial charge is 0.466 e. The van der Waals surface area contributed by atoms with Crippen molar-refractivity contribution in [2.45, 2.75) is 25.8 Å². The first kappa shape index (κ1) is 24.8. The maximum Gasteiger partial charge on any atom is 0.355 e. The molecule has 3 rings (SSSR count). The Labute approximate surface area is 197 Å². The van der Waals surface area contributed by atoms with Crippen LogP contribution in [-0.2, 0) is 38.1 Å². The van der Waals surface area contributed by atoms with Gasteiger partial charge in [0.15, 0.2) is 0 Å². The van der Waals surface area contributed by atoms with Crippen LogP contribution in [0.3, 0.4) is 0 Å². The molecule has 2 heterocycles. The van der Waals surface area contributed by atoms with E-state index in [2.05, 4.69) is 0 Å². The predicted molar refractivity (Wildman–Crippen MR) is 122 cm³/mol. The predicted octanol–water partition coefficient (Wildman–Crippen LogP) is 2.56. The number of fused-ring (bicyclic) bond motifs is 3. The quantitative estimate of drug-likeness (QED) is 0.459. The highest BCUT2D eigenvalue weighted by Crippen LogP contribution is 2.52. The summed E-state index contributed by atoms with van der Waals surface area (Å²) in [4.78, 5) is 54.4. The summed E-state index contributed by atoms with van der Waals surface area (Å²) in [6, 6.07) is 7.18. The van der Waals surface area contributed by atoms with Crippen LogP contribution in [0.1, 0.15) is 25.8 Å². The van der Waals surface area contributed by atoms with Crippen molar-refractivity contribution >= 4 is 35.6 Å². The zero-order valence-corrected chi connectivity index (χ0v) is 20.0. The second kappa shape index (κ2) is 9.54. The number of ether oxygens (including phenoxy) is 4. The van der Waals surface area contributed by atoms with E-state index < -0.39 is 40.6 Å². The average Bonchev–Trinajstić information content (AvgIpc) is 2.88. The van der Waals surface area contributed by atoms with Crippen LogP contribution in [0, 0.1) is 5.92 Å². The fraction of sp³-hybridized carbons (Fsp3) is 0.360. The number of rotatable bonds is 6. The van der Waals surface area contributed by atoms with Gasteiger partial charge in [0.1, 0.15) is 11.3 Å². The standard InChI is InChI=1S/C25H27NO8/c1-7-14(2)25-13-12-15-10-8-9-11-16(15)26(25)20(24(30)34-6)18(22(28)32-4)17(21(27)31-3)19(25)23(29)33-5/h8-14H,7H2,1-6H3/t14-,25+/m0/s1. The molecule has 0 bridgehead atoms. The Morgan fingerprint density at radius 2 is 1.41 bits per heavy atom. The van der Waals surface area contributed by atoms with Crippen molar-refractivity contribution in [3.63, 3.8) is 0 Å². The first-order chi connectivity index (χ1) is 16.2. The second-order valence-electron chi connectivity index (χ2n) is 7.80. The molecule has 0 unspecified atom stereocenters. The molecule has 0 saturated heterocycles. The second-order valence-corrected chi connectivity index (χ2v) is 7.80. The highest BCUT2D eigenvalue weighted by Gasteiger charge is 2.57. The number of hydrogen-bond donors (Lipinski definition) is 0. The van der Waals surface area contributed by atoms with E-state index in [9.17, 15) is 19.2 Å². The molecule has 2 aliphatic rings. The van der Waals surface area contributed by atoms with Crippen molar-refractivity contribution in [3.8, 4) is 0 Å². The molecular weight excluding hydrogens is 442 g/mol. The number of esters is 4. The minimum Gasteiger partial charge on any atom is -0.466 e. The summed E-state index contributed by atoms with van der Waals surface area (Å²) in [5.74, 6) is -4.07. The van der Waals surface area contributed by atoms with Gasteiger partial charge in [0.05, 0.1) is 45.1 Å². The molecule has 0 aliphatic carbocycles. The number of nitrogens with zero attached hydrogens (tertiary/aromatic N) is 1. The maximum absolute atomic E-state index is 13.4. The van der Waals surface area contributed by atoms with E-state index in [0.29, 0.717) is 12.1 Å². The van der Waals surface area contributed by atoms with Crippen LogP contribution in [-0.4, -0.2) is 57.9 Å². The lowest BCUT2D eigenvalue weighted by Gasteiger charge is -2.52. The maximum atomic E-state index is 13.4. The number of carbonyl (C=O) groups is 4. The lowest BCUT2D eigenvalue weighted by atomic mass is 9.68. The molecule has 0 aromatic heterocycles. The minimum atomic E-state index is -1.37. The van der Waals surface area contributed by atoms with Crippen molar-refractivity contribution in [1.82, 2.24) is 0 Å². The Hall–Kier alpha value is -3.88. The van der Waals surface area contributed by atoms with E-state index in [1.54, 1.807) is 23.1 Å². The summed E-state index contributed by atoms with van der Waals surface area (Å²) < 4.78 is 20.1. The van der Waals surface area contributed by atoms with Crippen LogP contribution in [0.4, 0.5) is 5.69 Å². The van der Waals surface area contributed by atoms with Gasteiger partial charge in [-0.3, -0.25) is 0 Å². The highest BCUT2D eigenvalue weighted by molar-refractivity contribution is 6.19. The highest BCUT2D eigenvalue weighted by atomic mass is 16.5. The fourth-order valence-electron chi connectivity index (χ4n) is 4.59. The number of anilines is 1. The molecule has 2 aliphatic heterocycles. The molecule has 2 atom stereocenters. The first-order valence-electron chi connectivity index (χ1n) is 10.7. The fourth-order valence-corrected chi connectivity index (χ4v) is 4.59.